The minimum absolute atomic E-state index is 0.123. The minimum atomic E-state index is -4.83. The zero-order chi connectivity index (χ0) is 24.4. The molecule has 0 radical (unpaired) electrons. The Balaban J connectivity index is 1.86. The molecule has 33 heavy (non-hydrogen) atoms. The lowest BCUT2D eigenvalue weighted by Crippen LogP contribution is -2.23. The van der Waals surface area contributed by atoms with Crippen molar-refractivity contribution in [3.05, 3.63) is 94.8 Å². The Labute approximate surface area is 183 Å². The van der Waals surface area contributed by atoms with Crippen LogP contribution in [0.5, 0.6) is 5.75 Å². The number of ether oxygens (including phenoxy) is 1. The van der Waals surface area contributed by atoms with Crippen LogP contribution in [0.3, 0.4) is 0 Å². The molecule has 174 valence electrons. The molecule has 0 fully saturated rings. The molecule has 0 bridgehead atoms. The first kappa shape index (κ1) is 24.3. The number of hydrogen-bond donors (Lipinski definition) is 0. The molecule has 1 nitrogen and oxygen atoms in total. The van der Waals surface area contributed by atoms with Crippen LogP contribution < -0.4 is 4.74 Å². The summed E-state index contributed by atoms with van der Waals surface area (Å²) in [6, 6.07) is 10.5. The Kier molecular flexibility index (Phi) is 6.81. The first-order valence-electron chi connectivity index (χ1n) is 9.61. The van der Waals surface area contributed by atoms with Crippen LogP contribution in [0.4, 0.5) is 35.1 Å². The fourth-order valence-electron chi connectivity index (χ4n) is 3.02. The van der Waals surface area contributed by atoms with Gasteiger partial charge in [-0.3, -0.25) is 0 Å². The molecular formula is C24H16F8O. The van der Waals surface area contributed by atoms with Crippen LogP contribution in [-0.2, 0) is 12.5 Å². The van der Waals surface area contributed by atoms with E-state index in [-0.39, 0.29) is 18.2 Å². The van der Waals surface area contributed by atoms with Crippen molar-refractivity contribution < 1.29 is 39.9 Å². The first-order chi connectivity index (χ1) is 15.4. The van der Waals surface area contributed by atoms with E-state index in [0.29, 0.717) is 11.1 Å². The van der Waals surface area contributed by atoms with Crippen molar-refractivity contribution in [2.45, 2.75) is 25.6 Å². The van der Waals surface area contributed by atoms with Crippen molar-refractivity contribution >= 4 is 6.08 Å². The van der Waals surface area contributed by atoms with Gasteiger partial charge in [0.15, 0.2) is 0 Å². The highest BCUT2D eigenvalue weighted by molar-refractivity contribution is 5.64. The van der Waals surface area contributed by atoms with Crippen LogP contribution in [0, 0.1) is 17.5 Å². The molecule has 3 rings (SSSR count). The van der Waals surface area contributed by atoms with Crippen molar-refractivity contribution in [1.82, 2.24) is 0 Å². The average molecular weight is 472 g/mol. The van der Waals surface area contributed by atoms with Crippen LogP contribution in [0.25, 0.3) is 17.2 Å². The van der Waals surface area contributed by atoms with Gasteiger partial charge < -0.3 is 4.74 Å². The molecule has 0 N–H and O–H groups in total. The Morgan fingerprint density at radius 2 is 1.33 bits per heavy atom. The summed E-state index contributed by atoms with van der Waals surface area (Å²) in [6.07, 6.45) is -8.65. The average Bonchev–Trinajstić information content (AvgIpc) is 2.71. The second-order valence-corrected chi connectivity index (χ2v) is 7.04. The SMILES string of the molecule is CCc1ccc(-c2ccc(C(F)(F)Oc3cc(F)c(C=CC(F)(F)F)c(F)c3)c(F)c2)cc1. The molecule has 0 atom stereocenters. The second-order valence-electron chi connectivity index (χ2n) is 7.04. The highest BCUT2D eigenvalue weighted by Gasteiger charge is 2.38. The molecule has 0 amide bonds. The number of halogens is 8. The van der Waals surface area contributed by atoms with Gasteiger partial charge in [-0.1, -0.05) is 37.3 Å². The van der Waals surface area contributed by atoms with Crippen molar-refractivity contribution in [2.24, 2.45) is 0 Å². The van der Waals surface area contributed by atoms with E-state index in [1.165, 1.54) is 6.07 Å². The van der Waals surface area contributed by atoms with Gasteiger partial charge in [0.05, 0.1) is 5.56 Å². The van der Waals surface area contributed by atoms with E-state index in [0.717, 1.165) is 24.1 Å². The van der Waals surface area contributed by atoms with E-state index in [1.54, 1.807) is 12.1 Å². The van der Waals surface area contributed by atoms with Crippen molar-refractivity contribution in [3.8, 4) is 16.9 Å². The quantitative estimate of drug-likeness (QED) is 0.330. The maximum Gasteiger partial charge on any atom is 0.429 e. The first-order valence-corrected chi connectivity index (χ1v) is 9.61. The minimum Gasteiger partial charge on any atom is -0.429 e. The van der Waals surface area contributed by atoms with Crippen LogP contribution in [-0.4, -0.2) is 6.18 Å². The summed E-state index contributed by atoms with van der Waals surface area (Å²) < 4.78 is 112. The van der Waals surface area contributed by atoms with Gasteiger partial charge in [0.25, 0.3) is 0 Å². The van der Waals surface area contributed by atoms with Crippen molar-refractivity contribution in [2.75, 3.05) is 0 Å². The number of aryl methyl sites for hydroxylation is 1. The molecule has 0 unspecified atom stereocenters. The van der Waals surface area contributed by atoms with Gasteiger partial charge in [-0.2, -0.15) is 22.0 Å². The van der Waals surface area contributed by atoms with E-state index in [1.807, 2.05) is 19.1 Å². The molecule has 3 aromatic rings. The maximum atomic E-state index is 14.5. The largest absolute Gasteiger partial charge is 0.429 e. The summed E-state index contributed by atoms with van der Waals surface area (Å²) in [5, 5.41) is 0. The lowest BCUT2D eigenvalue weighted by atomic mass is 10.0. The van der Waals surface area contributed by atoms with Crippen molar-refractivity contribution in [3.63, 3.8) is 0 Å². The predicted octanol–water partition coefficient (Wildman–Crippen LogP) is 8.04. The van der Waals surface area contributed by atoms with Gasteiger partial charge in [-0.25, -0.2) is 13.2 Å². The lowest BCUT2D eigenvalue weighted by Gasteiger charge is -2.20. The van der Waals surface area contributed by atoms with Gasteiger partial charge in [0, 0.05) is 23.8 Å². The van der Waals surface area contributed by atoms with E-state index in [9.17, 15) is 35.1 Å². The highest BCUT2D eigenvalue weighted by Crippen LogP contribution is 2.36. The fourth-order valence-corrected chi connectivity index (χ4v) is 3.02. The third-order valence-electron chi connectivity index (χ3n) is 4.72. The summed E-state index contributed by atoms with van der Waals surface area (Å²) in [6.45, 7) is 1.95. The number of alkyl halides is 5. The standard InChI is InChI=1S/C24H16F8O/c1-2-14-3-5-15(6-4-14)16-7-8-19(22(27)11-16)24(31,32)33-17-12-20(25)18(21(26)13-17)9-10-23(28,29)30/h3-13H,2H2,1H3. The highest BCUT2D eigenvalue weighted by atomic mass is 19.4. The lowest BCUT2D eigenvalue weighted by molar-refractivity contribution is -0.187. The Morgan fingerprint density at radius 1 is 0.758 bits per heavy atom. The third kappa shape index (κ3) is 5.91. The topological polar surface area (TPSA) is 9.23 Å². The van der Waals surface area contributed by atoms with Crippen molar-refractivity contribution in [1.29, 1.82) is 0 Å². The van der Waals surface area contributed by atoms with Gasteiger partial charge >= 0.3 is 12.3 Å². The summed E-state index contributed by atoms with van der Waals surface area (Å²) in [5.74, 6) is -5.47. The van der Waals surface area contributed by atoms with E-state index in [2.05, 4.69) is 4.74 Å². The smallest absolute Gasteiger partial charge is 0.429 e. The molecule has 3 aromatic carbocycles. The molecule has 0 heterocycles. The molecule has 0 spiro atoms. The molecule has 0 aliphatic rings. The Morgan fingerprint density at radius 3 is 1.85 bits per heavy atom. The van der Waals surface area contributed by atoms with E-state index in [4.69, 9.17) is 0 Å². The van der Waals surface area contributed by atoms with Crippen LogP contribution >= 0.6 is 0 Å². The number of allylic oxidation sites excluding steroid dienone is 1. The van der Waals surface area contributed by atoms with Gasteiger partial charge in [0.1, 0.15) is 23.2 Å². The van der Waals surface area contributed by atoms with Crippen LogP contribution in [0.1, 0.15) is 23.6 Å². The third-order valence-corrected chi connectivity index (χ3v) is 4.72. The predicted molar refractivity (Wildman–Crippen MR) is 107 cm³/mol. The van der Waals surface area contributed by atoms with Crippen LogP contribution in [0.2, 0.25) is 0 Å². The van der Waals surface area contributed by atoms with Gasteiger partial charge in [-0.05, 0) is 41.3 Å². The van der Waals surface area contributed by atoms with Gasteiger partial charge in [-0.15, -0.1) is 0 Å². The number of hydrogen-bond acceptors (Lipinski definition) is 1. The molecule has 0 aliphatic heterocycles. The summed E-state index contributed by atoms with van der Waals surface area (Å²) in [4.78, 5) is 0. The Hall–Kier alpha value is -3.36. The zero-order valence-electron chi connectivity index (χ0n) is 17.0. The summed E-state index contributed by atoms with van der Waals surface area (Å²) >= 11 is 0. The summed E-state index contributed by atoms with van der Waals surface area (Å²) in [5.41, 5.74) is -0.317. The monoisotopic (exact) mass is 472 g/mol. The fraction of sp³-hybridized carbons (Fsp3) is 0.167. The number of rotatable bonds is 6. The second kappa shape index (κ2) is 9.25. The zero-order valence-corrected chi connectivity index (χ0v) is 17.0. The molecule has 0 saturated heterocycles. The molecule has 9 heteroatoms. The normalized spacial score (nSPS) is 12.4. The molecular weight excluding hydrogens is 456 g/mol. The van der Waals surface area contributed by atoms with E-state index >= 15 is 0 Å². The molecule has 0 aliphatic carbocycles. The van der Waals surface area contributed by atoms with Crippen LogP contribution in [0.15, 0.2) is 60.7 Å². The summed E-state index contributed by atoms with van der Waals surface area (Å²) in [7, 11) is 0. The van der Waals surface area contributed by atoms with Gasteiger partial charge in [0.2, 0.25) is 0 Å². The molecule has 0 aromatic heterocycles. The Bertz CT molecular complexity index is 1140. The number of benzene rings is 3. The maximum absolute atomic E-state index is 14.5. The molecule has 0 saturated carbocycles. The van der Waals surface area contributed by atoms with E-state index < -0.39 is 52.7 Å².